The van der Waals surface area contributed by atoms with E-state index in [9.17, 15) is 9.59 Å². The lowest BCUT2D eigenvalue weighted by Crippen LogP contribution is -2.55. The van der Waals surface area contributed by atoms with E-state index in [4.69, 9.17) is 14.0 Å². The molecular weight excluding hydrogens is 414 g/mol. The van der Waals surface area contributed by atoms with Crippen LogP contribution in [-0.2, 0) is 20.7 Å². The van der Waals surface area contributed by atoms with Crippen LogP contribution in [0.5, 0.6) is 0 Å². The highest BCUT2D eigenvalue weighted by atomic mass is 16.6. The lowest BCUT2D eigenvalue weighted by molar-refractivity contribution is -0.115. The first-order valence-electron chi connectivity index (χ1n) is 11.1. The topological polar surface area (TPSA) is 123 Å². The summed E-state index contributed by atoms with van der Waals surface area (Å²) in [5.41, 5.74) is 1.38. The van der Waals surface area contributed by atoms with E-state index >= 15 is 0 Å². The van der Waals surface area contributed by atoms with Gasteiger partial charge in [-0.2, -0.15) is 5.10 Å². The number of carbonyl (C=O) groups is 2. The van der Waals surface area contributed by atoms with Gasteiger partial charge in [-0.1, -0.05) is 5.16 Å². The van der Waals surface area contributed by atoms with Crippen molar-refractivity contribution < 1.29 is 23.6 Å². The molecule has 2 fully saturated rings. The highest BCUT2D eigenvalue weighted by Crippen LogP contribution is 2.38. The maximum Gasteiger partial charge on any atom is 0.410 e. The molecule has 0 aromatic carbocycles. The summed E-state index contributed by atoms with van der Waals surface area (Å²) in [7, 11) is 0. The minimum atomic E-state index is -0.351. The minimum absolute atomic E-state index is 0.111. The van der Waals surface area contributed by atoms with Crippen LogP contribution in [-0.4, -0.2) is 64.2 Å². The molecule has 2 atom stereocenters. The third kappa shape index (κ3) is 5.29. The number of nitrogens with zero attached hydrogens (tertiary/aromatic N) is 3. The average molecular weight is 446 g/mol. The maximum atomic E-state index is 12.5. The number of carbonyl (C=O) groups excluding carboxylic acids is 2. The summed E-state index contributed by atoms with van der Waals surface area (Å²) >= 11 is 0. The fourth-order valence-corrected chi connectivity index (χ4v) is 4.43. The molecule has 2 aromatic rings. The van der Waals surface area contributed by atoms with Crippen LogP contribution >= 0.6 is 0 Å². The molecule has 1 aliphatic heterocycles. The first-order chi connectivity index (χ1) is 15.3. The van der Waals surface area contributed by atoms with Crippen molar-refractivity contribution in [2.75, 3.05) is 31.7 Å². The Balaban J connectivity index is 1.23. The predicted molar refractivity (Wildman–Crippen MR) is 115 cm³/mol. The molecule has 1 saturated heterocycles. The summed E-state index contributed by atoms with van der Waals surface area (Å²) in [5, 5.41) is 13.8. The Morgan fingerprint density at radius 2 is 2.19 bits per heavy atom. The van der Waals surface area contributed by atoms with Gasteiger partial charge in [-0.15, -0.1) is 0 Å². The Labute approximate surface area is 187 Å². The highest BCUT2D eigenvalue weighted by molar-refractivity contribution is 5.91. The second-order valence-corrected chi connectivity index (χ2v) is 9.34. The zero-order valence-electron chi connectivity index (χ0n) is 18.8. The smallest absolute Gasteiger partial charge is 0.410 e. The SMILES string of the molecule is Cc1cc(CC(=O)Nc2cc([C@H]3CCC(COC(=O)N4CCOCC4(C)C)C3)[nH]n2)on1. The second-order valence-electron chi connectivity index (χ2n) is 9.34. The third-order valence-corrected chi connectivity index (χ3v) is 6.17. The number of nitrogens with one attached hydrogen (secondary N) is 2. The van der Waals surface area contributed by atoms with Crippen molar-refractivity contribution in [1.29, 1.82) is 0 Å². The third-order valence-electron chi connectivity index (χ3n) is 6.17. The molecule has 1 unspecified atom stereocenters. The summed E-state index contributed by atoms with van der Waals surface area (Å²) in [6, 6.07) is 3.61. The van der Waals surface area contributed by atoms with Gasteiger partial charge in [-0.3, -0.25) is 14.8 Å². The summed E-state index contributed by atoms with van der Waals surface area (Å²) in [5.74, 6) is 1.41. The van der Waals surface area contributed by atoms with Gasteiger partial charge in [0, 0.05) is 30.3 Å². The summed E-state index contributed by atoms with van der Waals surface area (Å²) in [6.45, 7) is 7.81. The molecule has 32 heavy (non-hydrogen) atoms. The van der Waals surface area contributed by atoms with Crippen LogP contribution in [0.4, 0.5) is 10.6 Å². The largest absolute Gasteiger partial charge is 0.449 e. The van der Waals surface area contributed by atoms with Crippen LogP contribution in [0.1, 0.15) is 56.2 Å². The van der Waals surface area contributed by atoms with Crippen LogP contribution in [0.3, 0.4) is 0 Å². The van der Waals surface area contributed by atoms with Crippen molar-refractivity contribution in [3.63, 3.8) is 0 Å². The van der Waals surface area contributed by atoms with Gasteiger partial charge in [0.2, 0.25) is 5.91 Å². The molecular formula is C22H31N5O5. The molecule has 2 aliphatic rings. The summed E-state index contributed by atoms with van der Waals surface area (Å²) < 4.78 is 16.2. The predicted octanol–water partition coefficient (Wildman–Crippen LogP) is 3.02. The zero-order chi connectivity index (χ0) is 22.7. The standard InChI is InChI=1S/C22H31N5O5/c1-14-8-17(32-26-14)10-20(28)23-19-11-18(24-25-19)16-5-4-15(9-16)12-31-21(29)27-6-7-30-13-22(27,2)3/h8,11,15-16H,4-7,9-10,12-13H2,1-3H3,(H2,23,24,25,28)/t15?,16-/m0/s1. The van der Waals surface area contributed by atoms with Gasteiger partial charge in [0.05, 0.1) is 37.5 Å². The van der Waals surface area contributed by atoms with Gasteiger partial charge >= 0.3 is 6.09 Å². The van der Waals surface area contributed by atoms with Gasteiger partial charge in [0.15, 0.2) is 5.82 Å². The van der Waals surface area contributed by atoms with Crippen molar-refractivity contribution in [3.05, 3.63) is 29.3 Å². The molecule has 10 heteroatoms. The van der Waals surface area contributed by atoms with Crippen molar-refractivity contribution in [2.24, 2.45) is 5.92 Å². The number of anilines is 1. The van der Waals surface area contributed by atoms with E-state index in [0.29, 0.717) is 49.8 Å². The number of aromatic amines is 1. The number of hydrogen-bond donors (Lipinski definition) is 2. The number of amides is 2. The molecule has 3 heterocycles. The van der Waals surface area contributed by atoms with Crippen molar-refractivity contribution in [2.45, 2.75) is 57.9 Å². The Morgan fingerprint density at radius 3 is 2.94 bits per heavy atom. The number of morpholine rings is 1. The van der Waals surface area contributed by atoms with Gasteiger partial charge in [-0.25, -0.2) is 4.79 Å². The molecule has 2 aromatic heterocycles. The van der Waals surface area contributed by atoms with Gasteiger partial charge < -0.3 is 19.3 Å². The van der Waals surface area contributed by atoms with Crippen molar-refractivity contribution >= 4 is 17.8 Å². The van der Waals surface area contributed by atoms with E-state index in [2.05, 4.69) is 20.7 Å². The molecule has 0 spiro atoms. The van der Waals surface area contributed by atoms with E-state index in [1.54, 1.807) is 11.0 Å². The molecule has 10 nitrogen and oxygen atoms in total. The van der Waals surface area contributed by atoms with E-state index in [1.165, 1.54) is 0 Å². The van der Waals surface area contributed by atoms with Gasteiger partial charge in [0.1, 0.15) is 5.76 Å². The zero-order valence-corrected chi connectivity index (χ0v) is 18.8. The van der Waals surface area contributed by atoms with Crippen molar-refractivity contribution in [3.8, 4) is 0 Å². The Bertz CT molecular complexity index is 952. The first kappa shape index (κ1) is 22.3. The van der Waals surface area contributed by atoms with Crippen LogP contribution in [0.25, 0.3) is 0 Å². The van der Waals surface area contributed by atoms with Crippen LogP contribution in [0, 0.1) is 12.8 Å². The fourth-order valence-electron chi connectivity index (χ4n) is 4.43. The second kappa shape index (κ2) is 9.32. The molecule has 0 radical (unpaired) electrons. The molecule has 4 rings (SSSR count). The normalized spacial score (nSPS) is 22.7. The first-order valence-corrected chi connectivity index (χ1v) is 11.1. The Morgan fingerprint density at radius 1 is 1.34 bits per heavy atom. The van der Waals surface area contributed by atoms with E-state index in [-0.39, 0.29) is 24.0 Å². The number of hydrogen-bond acceptors (Lipinski definition) is 7. The maximum absolute atomic E-state index is 12.5. The van der Waals surface area contributed by atoms with Crippen LogP contribution in [0.2, 0.25) is 0 Å². The highest BCUT2D eigenvalue weighted by Gasteiger charge is 2.36. The molecule has 0 bridgehead atoms. The van der Waals surface area contributed by atoms with Gasteiger partial charge in [-0.05, 0) is 46.0 Å². The van der Waals surface area contributed by atoms with Crippen LogP contribution < -0.4 is 5.32 Å². The monoisotopic (exact) mass is 445 g/mol. The summed E-state index contributed by atoms with van der Waals surface area (Å²) in [6.07, 6.45) is 2.72. The molecule has 1 aliphatic carbocycles. The van der Waals surface area contributed by atoms with E-state index in [0.717, 1.165) is 30.7 Å². The Kier molecular flexibility index (Phi) is 6.50. The average Bonchev–Trinajstić information content (AvgIpc) is 3.47. The fraction of sp³-hybridized carbons (Fsp3) is 0.636. The molecule has 1 saturated carbocycles. The quantitative estimate of drug-likeness (QED) is 0.701. The number of aromatic nitrogens is 3. The summed E-state index contributed by atoms with van der Waals surface area (Å²) in [4.78, 5) is 26.5. The minimum Gasteiger partial charge on any atom is -0.449 e. The van der Waals surface area contributed by atoms with E-state index in [1.807, 2.05) is 26.8 Å². The Hall–Kier alpha value is -2.88. The molecule has 2 N–H and O–H groups in total. The van der Waals surface area contributed by atoms with Crippen LogP contribution in [0.15, 0.2) is 16.7 Å². The number of H-pyrrole nitrogens is 1. The molecule has 2 amide bonds. The van der Waals surface area contributed by atoms with Crippen molar-refractivity contribution in [1.82, 2.24) is 20.3 Å². The lowest BCUT2D eigenvalue weighted by atomic mass is 10.0. The lowest BCUT2D eigenvalue weighted by Gasteiger charge is -2.41. The number of ether oxygens (including phenoxy) is 2. The number of rotatable bonds is 6. The van der Waals surface area contributed by atoms with Gasteiger partial charge in [0.25, 0.3) is 0 Å². The van der Waals surface area contributed by atoms with E-state index < -0.39 is 0 Å². The molecule has 174 valence electrons. The number of aryl methyl sites for hydroxylation is 1.